The predicted molar refractivity (Wildman–Crippen MR) is 60.9 cm³/mol. The monoisotopic (exact) mass is 224 g/mol. The lowest BCUT2D eigenvalue weighted by atomic mass is 9.70. The first-order valence-corrected chi connectivity index (χ1v) is 6.10. The Bertz CT molecular complexity index is 341. The Morgan fingerprint density at radius 2 is 2.19 bits per heavy atom. The molecule has 2 atom stereocenters. The molecule has 1 N–H and O–H groups in total. The lowest BCUT2D eigenvalue weighted by molar-refractivity contribution is -0.151. The minimum absolute atomic E-state index is 0.0373. The molecule has 1 aliphatic heterocycles. The second-order valence-corrected chi connectivity index (χ2v) is 5.55. The number of esters is 1. The van der Waals surface area contributed by atoms with E-state index in [1.165, 1.54) is 0 Å². The number of hydrogen-bond donors (Lipinski definition) is 1. The van der Waals surface area contributed by atoms with Crippen LogP contribution in [-0.4, -0.2) is 17.2 Å². The van der Waals surface area contributed by atoms with Crippen molar-refractivity contribution in [2.45, 2.75) is 52.6 Å². The Hall–Kier alpha value is -0.990. The Balaban J connectivity index is 2.33. The van der Waals surface area contributed by atoms with Gasteiger partial charge < -0.3 is 9.84 Å². The van der Waals surface area contributed by atoms with Gasteiger partial charge in [-0.2, -0.15) is 0 Å². The number of cyclic esters (lactones) is 1. The molecule has 0 radical (unpaired) electrons. The average molecular weight is 224 g/mol. The molecule has 3 nitrogen and oxygen atoms in total. The largest absolute Gasteiger partial charge is 0.511 e. The molecule has 0 aromatic rings. The van der Waals surface area contributed by atoms with Crippen molar-refractivity contribution in [2.75, 3.05) is 0 Å². The van der Waals surface area contributed by atoms with E-state index >= 15 is 0 Å². The maximum absolute atomic E-state index is 11.9. The Labute approximate surface area is 96.5 Å². The summed E-state index contributed by atoms with van der Waals surface area (Å²) in [5.74, 6) is 0.163. The highest BCUT2D eigenvalue weighted by Gasteiger charge is 2.42. The van der Waals surface area contributed by atoms with Gasteiger partial charge >= 0.3 is 5.97 Å². The zero-order chi connectivity index (χ0) is 11.9. The van der Waals surface area contributed by atoms with Crippen molar-refractivity contribution in [3.8, 4) is 0 Å². The van der Waals surface area contributed by atoms with Crippen LogP contribution in [0.4, 0.5) is 0 Å². The van der Waals surface area contributed by atoms with Crippen LogP contribution >= 0.6 is 0 Å². The molecule has 0 unspecified atom stereocenters. The van der Waals surface area contributed by atoms with Crippen LogP contribution in [0.5, 0.6) is 0 Å². The molecule has 1 saturated heterocycles. The number of aliphatic hydroxyl groups excluding tert-OH is 1. The van der Waals surface area contributed by atoms with Crippen LogP contribution in [0.3, 0.4) is 0 Å². The van der Waals surface area contributed by atoms with Crippen molar-refractivity contribution >= 4 is 5.97 Å². The number of carbonyl (C=O) groups is 1. The molecule has 16 heavy (non-hydrogen) atoms. The van der Waals surface area contributed by atoms with Gasteiger partial charge in [-0.1, -0.05) is 20.8 Å². The van der Waals surface area contributed by atoms with E-state index in [0.717, 1.165) is 25.7 Å². The fourth-order valence-corrected chi connectivity index (χ4v) is 2.69. The number of rotatable bonds is 1. The highest BCUT2D eigenvalue weighted by atomic mass is 16.5. The molecule has 2 rings (SSSR count). The molecule has 0 aromatic heterocycles. The molecule has 1 heterocycles. The van der Waals surface area contributed by atoms with Crippen molar-refractivity contribution in [3.63, 3.8) is 0 Å². The van der Waals surface area contributed by atoms with Gasteiger partial charge in [-0.3, -0.25) is 0 Å². The van der Waals surface area contributed by atoms with E-state index in [2.05, 4.69) is 0 Å². The molecule has 0 saturated carbocycles. The van der Waals surface area contributed by atoms with E-state index in [-0.39, 0.29) is 29.2 Å². The van der Waals surface area contributed by atoms with Crippen molar-refractivity contribution < 1.29 is 14.6 Å². The van der Waals surface area contributed by atoms with Gasteiger partial charge in [0.25, 0.3) is 0 Å². The van der Waals surface area contributed by atoms with Crippen LogP contribution in [0.1, 0.15) is 46.5 Å². The van der Waals surface area contributed by atoms with Gasteiger partial charge in [0, 0.05) is 5.41 Å². The van der Waals surface area contributed by atoms with Crippen LogP contribution in [0, 0.1) is 11.3 Å². The van der Waals surface area contributed by atoms with Gasteiger partial charge in [0.1, 0.15) is 11.9 Å². The fourth-order valence-electron chi connectivity index (χ4n) is 2.69. The van der Waals surface area contributed by atoms with Gasteiger partial charge in [-0.15, -0.1) is 0 Å². The van der Waals surface area contributed by atoms with E-state index in [1.54, 1.807) is 0 Å². The van der Waals surface area contributed by atoms with Crippen LogP contribution < -0.4 is 0 Å². The summed E-state index contributed by atoms with van der Waals surface area (Å²) in [7, 11) is 0. The molecule has 1 fully saturated rings. The second kappa shape index (κ2) is 3.79. The van der Waals surface area contributed by atoms with Crippen molar-refractivity contribution in [2.24, 2.45) is 11.3 Å². The molecule has 0 bridgehead atoms. The second-order valence-electron chi connectivity index (χ2n) is 5.55. The lowest BCUT2D eigenvalue weighted by Crippen LogP contribution is -2.38. The topological polar surface area (TPSA) is 46.5 Å². The first-order valence-electron chi connectivity index (χ1n) is 6.10. The molecule has 0 amide bonds. The standard InChI is InChI=1S/C13H20O3/c1-4-9-7-8-5-6-13(2,3)11(14)10(8)12(15)16-9/h8-9,14H,4-7H2,1-3H3/t8-,9+/m0/s1. The van der Waals surface area contributed by atoms with Crippen LogP contribution in [0.2, 0.25) is 0 Å². The number of hydrogen-bond acceptors (Lipinski definition) is 3. The van der Waals surface area contributed by atoms with E-state index in [0.29, 0.717) is 5.57 Å². The summed E-state index contributed by atoms with van der Waals surface area (Å²) >= 11 is 0. The SMILES string of the molecule is CC[C@@H]1C[C@@H]2CCC(C)(C)C(O)=C2C(=O)O1. The maximum atomic E-state index is 11.9. The molecule has 0 spiro atoms. The third-order valence-corrected chi connectivity index (χ3v) is 3.92. The van der Waals surface area contributed by atoms with Crippen molar-refractivity contribution in [1.29, 1.82) is 0 Å². The molecular weight excluding hydrogens is 204 g/mol. The quantitative estimate of drug-likeness (QED) is 0.696. The zero-order valence-corrected chi connectivity index (χ0v) is 10.2. The third kappa shape index (κ3) is 1.72. The summed E-state index contributed by atoms with van der Waals surface area (Å²) < 4.78 is 5.31. The van der Waals surface area contributed by atoms with Crippen molar-refractivity contribution in [3.05, 3.63) is 11.3 Å². The van der Waals surface area contributed by atoms with Gasteiger partial charge in [0.2, 0.25) is 0 Å². The Morgan fingerprint density at radius 3 is 2.81 bits per heavy atom. The maximum Gasteiger partial charge on any atom is 0.337 e. The fraction of sp³-hybridized carbons (Fsp3) is 0.769. The highest BCUT2D eigenvalue weighted by Crippen LogP contribution is 2.45. The molecule has 90 valence electrons. The minimum atomic E-state index is -0.298. The number of fused-ring (bicyclic) bond motifs is 1. The van der Waals surface area contributed by atoms with Crippen LogP contribution in [0.15, 0.2) is 11.3 Å². The van der Waals surface area contributed by atoms with Gasteiger partial charge in [0.15, 0.2) is 0 Å². The first kappa shape index (κ1) is 11.5. The summed E-state index contributed by atoms with van der Waals surface area (Å²) in [6.07, 6.45) is 3.70. The molecule has 3 heteroatoms. The van der Waals surface area contributed by atoms with E-state index < -0.39 is 0 Å². The average Bonchev–Trinajstić information content (AvgIpc) is 2.23. The van der Waals surface area contributed by atoms with Crippen LogP contribution in [-0.2, 0) is 9.53 Å². The normalized spacial score (nSPS) is 33.3. The zero-order valence-electron chi connectivity index (χ0n) is 10.2. The smallest absolute Gasteiger partial charge is 0.337 e. The molecule has 2 aliphatic rings. The summed E-state index contributed by atoms with van der Waals surface area (Å²) in [4.78, 5) is 11.9. The van der Waals surface area contributed by atoms with E-state index in [4.69, 9.17) is 4.74 Å². The summed E-state index contributed by atoms with van der Waals surface area (Å²) in [5, 5.41) is 10.1. The first-order chi connectivity index (χ1) is 7.45. The third-order valence-electron chi connectivity index (χ3n) is 3.92. The molecule has 1 aliphatic carbocycles. The number of ether oxygens (including phenoxy) is 1. The Morgan fingerprint density at radius 1 is 1.50 bits per heavy atom. The van der Waals surface area contributed by atoms with E-state index in [9.17, 15) is 9.90 Å². The van der Waals surface area contributed by atoms with Gasteiger partial charge in [-0.05, 0) is 31.6 Å². The predicted octanol–water partition coefficient (Wildman–Crippen LogP) is 2.96. The van der Waals surface area contributed by atoms with Crippen LogP contribution in [0.25, 0.3) is 0 Å². The summed E-state index contributed by atoms with van der Waals surface area (Å²) in [6.45, 7) is 5.98. The van der Waals surface area contributed by atoms with Gasteiger partial charge in [-0.25, -0.2) is 4.79 Å². The summed E-state index contributed by atoms with van der Waals surface area (Å²) in [5.41, 5.74) is 0.269. The Kier molecular flexibility index (Phi) is 2.72. The number of aliphatic hydroxyl groups is 1. The summed E-state index contributed by atoms with van der Waals surface area (Å²) in [6, 6.07) is 0. The highest BCUT2D eigenvalue weighted by molar-refractivity contribution is 5.90. The van der Waals surface area contributed by atoms with Gasteiger partial charge in [0.05, 0.1) is 5.57 Å². The number of carbonyl (C=O) groups excluding carboxylic acids is 1. The molecular formula is C13H20O3. The minimum Gasteiger partial charge on any atom is -0.511 e. The van der Waals surface area contributed by atoms with E-state index in [1.807, 2.05) is 20.8 Å². The molecule has 0 aromatic carbocycles. The number of allylic oxidation sites excluding steroid dienone is 1. The van der Waals surface area contributed by atoms with Crippen molar-refractivity contribution in [1.82, 2.24) is 0 Å². The lowest BCUT2D eigenvalue weighted by Gasteiger charge is -2.39.